The number of benzene rings is 1. The molecule has 2 aliphatic rings. The van der Waals surface area contributed by atoms with Gasteiger partial charge in [-0.2, -0.15) is 0 Å². The Kier molecular flexibility index (Phi) is 24.9. The predicted molar refractivity (Wildman–Crippen MR) is 148 cm³/mol. The van der Waals surface area contributed by atoms with Crippen LogP contribution in [-0.2, 0) is 14.3 Å². The Labute approximate surface area is 213 Å². The molecule has 0 aromatic heterocycles. The summed E-state index contributed by atoms with van der Waals surface area (Å²) in [4.78, 5) is 23.8. The number of rotatable bonds is 5. The Bertz CT molecular complexity index is 606. The van der Waals surface area contributed by atoms with Gasteiger partial charge in [0.25, 0.3) is 5.91 Å². The van der Waals surface area contributed by atoms with Gasteiger partial charge in [0.1, 0.15) is 6.79 Å². The molecule has 0 aliphatic carbocycles. The maximum Gasteiger partial charge on any atom is 0.255 e. The van der Waals surface area contributed by atoms with Crippen molar-refractivity contribution in [2.45, 2.75) is 33.6 Å². The van der Waals surface area contributed by atoms with Gasteiger partial charge in [-0.05, 0) is 44.6 Å². The molecule has 3 rings (SSSR count). The van der Waals surface area contributed by atoms with E-state index in [1.165, 1.54) is 6.42 Å². The maximum absolute atomic E-state index is 11.9. The van der Waals surface area contributed by atoms with Crippen LogP contribution in [0.1, 0.15) is 44.0 Å². The second kappa shape index (κ2) is 24.9. The number of morpholine rings is 1. The predicted octanol–water partition coefficient (Wildman–Crippen LogP) is 3.04. The van der Waals surface area contributed by atoms with Crippen LogP contribution in [0.25, 0.3) is 0 Å². The Morgan fingerprint density at radius 3 is 2.23 bits per heavy atom. The highest BCUT2D eigenvalue weighted by atomic mass is 16.5. The molecule has 0 unspecified atom stereocenters. The van der Waals surface area contributed by atoms with Crippen molar-refractivity contribution in [2.75, 3.05) is 98.0 Å². The molecule has 204 valence electrons. The molecule has 9 heteroatoms. The molecule has 0 atom stereocenters. The number of hydrogen-bond donors (Lipinski definition) is 3. The lowest BCUT2D eigenvalue weighted by Gasteiger charge is -2.21. The average Bonchev–Trinajstić information content (AvgIpc) is 3.24. The third-order valence-electron chi connectivity index (χ3n) is 4.80. The maximum atomic E-state index is 11.9. The molecule has 3 N–H and O–H groups in total. The lowest BCUT2D eigenvalue weighted by molar-refractivity contribution is -0.0980. The smallest absolute Gasteiger partial charge is 0.255 e. The largest absolute Gasteiger partial charge is 0.387 e. The van der Waals surface area contributed by atoms with Gasteiger partial charge in [0.05, 0.1) is 25.4 Å². The highest BCUT2D eigenvalue weighted by Gasteiger charge is 2.12. The van der Waals surface area contributed by atoms with Crippen LogP contribution in [0.4, 0.5) is 11.4 Å². The van der Waals surface area contributed by atoms with Gasteiger partial charge in [0.2, 0.25) is 0 Å². The third kappa shape index (κ3) is 17.8. The van der Waals surface area contributed by atoms with E-state index in [2.05, 4.69) is 34.8 Å². The van der Waals surface area contributed by atoms with E-state index in [0.717, 1.165) is 76.9 Å². The van der Waals surface area contributed by atoms with Crippen molar-refractivity contribution < 1.29 is 19.1 Å². The van der Waals surface area contributed by atoms with Gasteiger partial charge < -0.3 is 40.0 Å². The summed E-state index contributed by atoms with van der Waals surface area (Å²) in [5.41, 5.74) is 2.58. The highest BCUT2D eigenvalue weighted by Crippen LogP contribution is 2.21. The van der Waals surface area contributed by atoms with E-state index in [4.69, 9.17) is 14.3 Å². The molecule has 1 amide bonds. The molecule has 0 radical (unpaired) electrons. The number of carbonyl (C=O) groups excluding carboxylic acids is 2. The molecule has 9 nitrogen and oxygen atoms in total. The van der Waals surface area contributed by atoms with E-state index in [-0.39, 0.29) is 5.91 Å². The summed E-state index contributed by atoms with van der Waals surface area (Å²) in [6.07, 6.45) is 2.24. The summed E-state index contributed by atoms with van der Waals surface area (Å²) < 4.78 is 10.2. The number of ether oxygens (including phenoxy) is 2. The Morgan fingerprint density at radius 1 is 1.09 bits per heavy atom. The second-order valence-corrected chi connectivity index (χ2v) is 7.77. The number of nitrogens with one attached hydrogen (secondary N) is 3. The van der Waals surface area contributed by atoms with Crippen LogP contribution < -0.4 is 16.0 Å². The van der Waals surface area contributed by atoms with Gasteiger partial charge in [-0.25, -0.2) is 0 Å². The minimum Gasteiger partial charge on any atom is -0.387 e. The Balaban J connectivity index is 0. The molecule has 0 bridgehead atoms. The van der Waals surface area contributed by atoms with Crippen LogP contribution in [0.3, 0.4) is 0 Å². The SMILES string of the molecule is C1CNCCOC1.C=O.CC.CCCNc1ccc(C(=O)N(C)C)c(NC)c1.CN1CCOCC1. The number of hydrogen-bond acceptors (Lipinski definition) is 8. The quantitative estimate of drug-likeness (QED) is 0.571. The van der Waals surface area contributed by atoms with Crippen molar-refractivity contribution in [3.63, 3.8) is 0 Å². The zero-order valence-corrected chi connectivity index (χ0v) is 23.2. The monoisotopic (exact) mass is 497 g/mol. The van der Waals surface area contributed by atoms with Crippen molar-refractivity contribution in [2.24, 2.45) is 0 Å². The topological polar surface area (TPSA) is 95.2 Å². The van der Waals surface area contributed by atoms with Gasteiger partial charge >= 0.3 is 0 Å². The minimum atomic E-state index is 0.0105. The van der Waals surface area contributed by atoms with Gasteiger partial charge in [-0.1, -0.05) is 20.8 Å². The first-order chi connectivity index (χ1) is 17.0. The lowest BCUT2D eigenvalue weighted by Crippen LogP contribution is -2.32. The lowest BCUT2D eigenvalue weighted by atomic mass is 10.1. The van der Waals surface area contributed by atoms with Crippen LogP contribution >= 0.6 is 0 Å². The average molecular weight is 498 g/mol. The number of likely N-dealkylation sites (N-methyl/N-ethyl adjacent to an activating group) is 1. The fraction of sp³-hybridized carbons (Fsp3) is 0.692. The first-order valence-electron chi connectivity index (χ1n) is 12.6. The molecule has 0 saturated carbocycles. The summed E-state index contributed by atoms with van der Waals surface area (Å²) in [5.74, 6) is 0.0105. The molecule has 2 fully saturated rings. The second-order valence-electron chi connectivity index (χ2n) is 7.77. The molecule has 2 saturated heterocycles. The third-order valence-corrected chi connectivity index (χ3v) is 4.80. The fourth-order valence-corrected chi connectivity index (χ4v) is 2.88. The zero-order chi connectivity index (χ0) is 26.9. The normalized spacial score (nSPS) is 14.9. The summed E-state index contributed by atoms with van der Waals surface area (Å²) in [6, 6.07) is 5.76. The minimum absolute atomic E-state index is 0.0105. The summed E-state index contributed by atoms with van der Waals surface area (Å²) in [5, 5.41) is 9.58. The fourth-order valence-electron chi connectivity index (χ4n) is 2.88. The van der Waals surface area contributed by atoms with Crippen LogP contribution in [0.15, 0.2) is 18.2 Å². The highest BCUT2D eigenvalue weighted by molar-refractivity contribution is 6.00. The van der Waals surface area contributed by atoms with Gasteiger partial charge in [-0.15, -0.1) is 0 Å². The van der Waals surface area contributed by atoms with Crippen LogP contribution in [-0.4, -0.2) is 110 Å². The molecule has 1 aromatic carbocycles. The summed E-state index contributed by atoms with van der Waals surface area (Å²) in [6.45, 7) is 17.1. The van der Waals surface area contributed by atoms with Gasteiger partial charge in [0, 0.05) is 65.3 Å². The van der Waals surface area contributed by atoms with E-state index in [0.29, 0.717) is 5.56 Å². The van der Waals surface area contributed by atoms with Gasteiger partial charge in [-0.3, -0.25) is 4.79 Å². The van der Waals surface area contributed by atoms with Crippen molar-refractivity contribution in [3.05, 3.63) is 23.8 Å². The number of amides is 1. The van der Waals surface area contributed by atoms with E-state index in [1.807, 2.05) is 45.9 Å². The zero-order valence-electron chi connectivity index (χ0n) is 23.2. The molecule has 0 spiro atoms. The van der Waals surface area contributed by atoms with E-state index < -0.39 is 0 Å². The van der Waals surface area contributed by atoms with Crippen LogP contribution in [0.2, 0.25) is 0 Å². The number of nitrogens with zero attached hydrogens (tertiary/aromatic N) is 2. The van der Waals surface area contributed by atoms with Crippen molar-refractivity contribution >= 4 is 24.1 Å². The molecule has 1 aromatic rings. The Hall–Kier alpha value is -2.20. The summed E-state index contributed by atoms with van der Waals surface area (Å²) >= 11 is 0. The first-order valence-corrected chi connectivity index (χ1v) is 12.6. The van der Waals surface area contributed by atoms with Crippen molar-refractivity contribution in [3.8, 4) is 0 Å². The Morgan fingerprint density at radius 2 is 1.71 bits per heavy atom. The van der Waals surface area contributed by atoms with Crippen molar-refractivity contribution in [1.82, 2.24) is 15.1 Å². The number of anilines is 2. The number of carbonyl (C=O) groups is 2. The summed E-state index contributed by atoms with van der Waals surface area (Å²) in [7, 11) is 7.45. The molecule has 2 heterocycles. The van der Waals surface area contributed by atoms with Gasteiger partial charge in [0.15, 0.2) is 0 Å². The molecular formula is C26H51N5O4. The van der Waals surface area contributed by atoms with Crippen LogP contribution in [0.5, 0.6) is 0 Å². The standard InChI is InChI=1S/C13H21N3O.2C5H11NO.C2H6.CH2O/c1-5-8-15-10-6-7-11(12(9-10)14-2)13(17)16(3)4;1-6-2-4-7-5-3-6;1-2-6-3-5-7-4-1;2*1-2/h6-7,9,14-15H,5,8H2,1-4H3;2-5H2,1H3;6H,1-5H2;1-2H3;1H2. The molecule has 35 heavy (non-hydrogen) atoms. The molecule has 2 aliphatic heterocycles. The van der Waals surface area contributed by atoms with E-state index in [1.54, 1.807) is 19.0 Å². The van der Waals surface area contributed by atoms with Crippen LogP contribution in [0, 0.1) is 0 Å². The molecular weight excluding hydrogens is 446 g/mol. The van der Waals surface area contributed by atoms with E-state index >= 15 is 0 Å². The van der Waals surface area contributed by atoms with Crippen molar-refractivity contribution in [1.29, 1.82) is 0 Å². The van der Waals surface area contributed by atoms with E-state index in [9.17, 15) is 4.79 Å². The first kappa shape index (κ1) is 35.0.